The molecule has 2 aromatic carbocycles. The Morgan fingerprint density at radius 2 is 1.93 bits per heavy atom. The minimum atomic E-state index is -0.0376. The van der Waals surface area contributed by atoms with Gasteiger partial charge in [-0.1, -0.05) is 0 Å². The number of benzene rings is 2. The summed E-state index contributed by atoms with van der Waals surface area (Å²) in [6.07, 6.45) is 1.21. The van der Waals surface area contributed by atoms with Crippen LogP contribution >= 0.6 is 0 Å². The zero-order valence-corrected chi connectivity index (χ0v) is 15.7. The molecule has 0 spiro atoms. The highest BCUT2D eigenvalue weighted by molar-refractivity contribution is 5.76. The second-order valence-corrected chi connectivity index (χ2v) is 6.87. The van der Waals surface area contributed by atoms with Crippen molar-refractivity contribution in [2.75, 3.05) is 12.3 Å². The van der Waals surface area contributed by atoms with Gasteiger partial charge in [0.1, 0.15) is 18.1 Å². The molecular formula is C21H21N5O3. The number of ether oxygens (including phenoxy) is 1. The molecule has 0 radical (unpaired) electrons. The molecule has 1 atom stereocenters. The number of nitrogens with one attached hydrogen (secondary N) is 2. The van der Waals surface area contributed by atoms with E-state index in [1.165, 1.54) is 6.07 Å². The van der Waals surface area contributed by atoms with Crippen LogP contribution < -0.4 is 21.1 Å². The van der Waals surface area contributed by atoms with Gasteiger partial charge in [-0.05, 0) is 36.2 Å². The van der Waals surface area contributed by atoms with Gasteiger partial charge in [0, 0.05) is 37.2 Å². The molecule has 1 amide bonds. The van der Waals surface area contributed by atoms with Crippen molar-refractivity contribution in [3.63, 3.8) is 0 Å². The normalized spacial score (nSPS) is 15.8. The van der Waals surface area contributed by atoms with Crippen molar-refractivity contribution in [1.82, 2.24) is 10.6 Å². The SMILES string of the molecule is N#Cc1cc(C#N)cc(COc2cc(N)c(O)cc2CNC2CCC(=O)NC2)c1. The topological polar surface area (TPSA) is 144 Å². The minimum Gasteiger partial charge on any atom is -0.506 e. The summed E-state index contributed by atoms with van der Waals surface area (Å²) in [5.74, 6) is 0.506. The number of nitriles is 2. The number of carbonyl (C=O) groups is 1. The number of nitrogens with zero attached hydrogens (tertiary/aromatic N) is 2. The maximum Gasteiger partial charge on any atom is 0.220 e. The predicted molar refractivity (Wildman–Crippen MR) is 106 cm³/mol. The van der Waals surface area contributed by atoms with Crippen LogP contribution in [0.1, 0.15) is 35.1 Å². The molecule has 1 saturated heterocycles. The van der Waals surface area contributed by atoms with E-state index in [1.807, 2.05) is 12.1 Å². The van der Waals surface area contributed by atoms with E-state index in [0.29, 0.717) is 47.5 Å². The molecule has 148 valence electrons. The Bertz CT molecular complexity index is 964. The summed E-state index contributed by atoms with van der Waals surface area (Å²) in [6.45, 7) is 1.11. The van der Waals surface area contributed by atoms with Gasteiger partial charge in [-0.3, -0.25) is 4.79 Å². The largest absolute Gasteiger partial charge is 0.506 e. The molecule has 8 heteroatoms. The van der Waals surface area contributed by atoms with E-state index in [9.17, 15) is 9.90 Å². The Hall–Kier alpha value is -3.75. The Morgan fingerprint density at radius 1 is 1.21 bits per heavy atom. The molecule has 0 bridgehead atoms. The molecule has 2 aromatic rings. The van der Waals surface area contributed by atoms with Gasteiger partial charge in [-0.25, -0.2) is 0 Å². The van der Waals surface area contributed by atoms with Gasteiger partial charge in [0.15, 0.2) is 0 Å². The van der Waals surface area contributed by atoms with Gasteiger partial charge < -0.3 is 26.2 Å². The van der Waals surface area contributed by atoms with Crippen LogP contribution in [0.2, 0.25) is 0 Å². The van der Waals surface area contributed by atoms with Crippen LogP contribution in [0.4, 0.5) is 5.69 Å². The van der Waals surface area contributed by atoms with Gasteiger partial charge in [0.05, 0.1) is 29.0 Å². The van der Waals surface area contributed by atoms with Crippen LogP contribution in [0.3, 0.4) is 0 Å². The average molecular weight is 391 g/mol. The smallest absolute Gasteiger partial charge is 0.220 e. The number of nitrogen functional groups attached to an aromatic ring is 1. The Labute approximate surface area is 168 Å². The number of hydrogen-bond acceptors (Lipinski definition) is 7. The number of phenolic OH excluding ortho intramolecular Hbond substituents is 1. The van der Waals surface area contributed by atoms with Gasteiger partial charge in [0.25, 0.3) is 0 Å². The van der Waals surface area contributed by atoms with Gasteiger partial charge in [-0.2, -0.15) is 10.5 Å². The lowest BCUT2D eigenvalue weighted by atomic mass is 10.1. The van der Waals surface area contributed by atoms with E-state index >= 15 is 0 Å². The quantitative estimate of drug-likeness (QED) is 0.433. The summed E-state index contributed by atoms with van der Waals surface area (Å²) in [7, 11) is 0. The lowest BCUT2D eigenvalue weighted by molar-refractivity contribution is -0.122. The standard InChI is InChI=1S/C21H21N5O3/c22-8-13-3-14(9-23)5-15(4-13)12-29-20-7-18(24)19(27)6-16(20)10-25-17-1-2-21(28)26-11-17/h3-7,17,25,27H,1-2,10-12,24H2,(H,26,28). The van der Waals surface area contributed by atoms with Crippen LogP contribution in [0.15, 0.2) is 30.3 Å². The lowest BCUT2D eigenvalue weighted by Crippen LogP contribution is -2.45. The molecule has 0 aliphatic carbocycles. The van der Waals surface area contributed by atoms with Gasteiger partial charge in [-0.15, -0.1) is 0 Å². The van der Waals surface area contributed by atoms with Crippen molar-refractivity contribution < 1.29 is 14.6 Å². The Balaban J connectivity index is 1.73. The first-order valence-electron chi connectivity index (χ1n) is 9.17. The second kappa shape index (κ2) is 8.96. The highest BCUT2D eigenvalue weighted by atomic mass is 16.5. The molecule has 3 rings (SSSR count). The van der Waals surface area contributed by atoms with E-state index in [4.69, 9.17) is 21.0 Å². The molecule has 1 heterocycles. The second-order valence-electron chi connectivity index (χ2n) is 6.87. The average Bonchev–Trinajstić information content (AvgIpc) is 2.74. The maximum absolute atomic E-state index is 11.3. The Morgan fingerprint density at radius 3 is 2.55 bits per heavy atom. The lowest BCUT2D eigenvalue weighted by Gasteiger charge is -2.24. The molecule has 1 aliphatic rings. The zero-order valence-electron chi connectivity index (χ0n) is 15.7. The fourth-order valence-electron chi connectivity index (χ4n) is 3.13. The number of amides is 1. The van der Waals surface area contributed by atoms with Crippen molar-refractivity contribution in [3.8, 4) is 23.6 Å². The number of hydrogen-bond donors (Lipinski definition) is 4. The predicted octanol–water partition coefficient (Wildman–Crippen LogP) is 1.66. The number of piperidine rings is 1. The van der Waals surface area contributed by atoms with Gasteiger partial charge >= 0.3 is 0 Å². The summed E-state index contributed by atoms with van der Waals surface area (Å²) in [6, 6.07) is 12.1. The number of anilines is 1. The van der Waals surface area contributed by atoms with E-state index in [0.717, 1.165) is 6.42 Å². The van der Waals surface area contributed by atoms with Crippen molar-refractivity contribution >= 4 is 11.6 Å². The number of nitrogens with two attached hydrogens (primary N) is 1. The molecule has 1 aliphatic heterocycles. The van der Waals surface area contributed by atoms with Crippen LogP contribution in [0.25, 0.3) is 0 Å². The summed E-state index contributed by atoms with van der Waals surface area (Å²) in [4.78, 5) is 11.3. The fraction of sp³-hybridized carbons (Fsp3) is 0.286. The first-order valence-corrected chi connectivity index (χ1v) is 9.17. The summed E-state index contributed by atoms with van der Waals surface area (Å²) in [5, 5.41) is 34.4. The van der Waals surface area contributed by atoms with Crippen LogP contribution in [-0.4, -0.2) is 23.6 Å². The maximum atomic E-state index is 11.3. The molecule has 5 N–H and O–H groups in total. The fourth-order valence-corrected chi connectivity index (χ4v) is 3.13. The molecule has 29 heavy (non-hydrogen) atoms. The first-order chi connectivity index (χ1) is 14.0. The molecule has 0 aromatic heterocycles. The van der Waals surface area contributed by atoms with Gasteiger partial charge in [0.2, 0.25) is 5.91 Å². The number of phenols is 1. The van der Waals surface area contributed by atoms with Crippen LogP contribution in [0.5, 0.6) is 11.5 Å². The highest BCUT2D eigenvalue weighted by Gasteiger charge is 2.18. The van der Waals surface area contributed by atoms with Crippen molar-refractivity contribution in [1.29, 1.82) is 10.5 Å². The van der Waals surface area contributed by atoms with Crippen molar-refractivity contribution in [2.24, 2.45) is 0 Å². The van der Waals surface area contributed by atoms with Crippen molar-refractivity contribution in [3.05, 3.63) is 52.6 Å². The summed E-state index contributed by atoms with van der Waals surface area (Å²) >= 11 is 0. The van der Waals surface area contributed by atoms with E-state index in [1.54, 1.807) is 24.3 Å². The Kier molecular flexibility index (Phi) is 6.18. The summed E-state index contributed by atoms with van der Waals surface area (Å²) < 4.78 is 5.90. The molecule has 8 nitrogen and oxygen atoms in total. The monoisotopic (exact) mass is 391 g/mol. The highest BCUT2D eigenvalue weighted by Crippen LogP contribution is 2.31. The van der Waals surface area contributed by atoms with E-state index in [2.05, 4.69) is 10.6 Å². The molecular weight excluding hydrogens is 370 g/mol. The van der Waals surface area contributed by atoms with Crippen molar-refractivity contribution in [2.45, 2.75) is 32.0 Å². The molecule has 1 fully saturated rings. The first kappa shape index (κ1) is 20.0. The van der Waals surface area contributed by atoms with E-state index in [-0.39, 0.29) is 30.0 Å². The zero-order chi connectivity index (χ0) is 20.8. The third-order valence-electron chi connectivity index (χ3n) is 4.70. The number of aromatic hydroxyl groups is 1. The van der Waals surface area contributed by atoms with Crippen LogP contribution in [0, 0.1) is 22.7 Å². The van der Waals surface area contributed by atoms with E-state index < -0.39 is 0 Å². The number of rotatable bonds is 6. The number of carbonyl (C=O) groups excluding carboxylic acids is 1. The third kappa shape index (κ3) is 5.16. The summed E-state index contributed by atoms with van der Waals surface area (Å²) in [5.41, 5.74) is 8.17. The molecule has 0 saturated carbocycles. The third-order valence-corrected chi connectivity index (χ3v) is 4.70. The minimum absolute atomic E-state index is 0.0376. The van der Waals surface area contributed by atoms with Crippen LogP contribution in [-0.2, 0) is 17.9 Å². The molecule has 1 unspecified atom stereocenters.